The monoisotopic (exact) mass is 1180 g/mol. The van der Waals surface area contributed by atoms with Gasteiger partial charge in [-0.3, -0.25) is 43.2 Å². The largest absolute Gasteiger partial charge is 0.508 e. The fourth-order valence-corrected chi connectivity index (χ4v) is 10.4. The highest BCUT2D eigenvalue weighted by molar-refractivity contribution is 5.98. The number of aromatic hydroxyl groups is 1. The topological polar surface area (TPSA) is 421 Å². The van der Waals surface area contributed by atoms with Crippen LogP contribution in [0.25, 0.3) is 0 Å². The number of hydrogen-bond donors (Lipinski definition) is 14. The quantitative estimate of drug-likeness (QED) is 0.0468. The third-order valence-electron chi connectivity index (χ3n) is 15.3. The van der Waals surface area contributed by atoms with Crippen LogP contribution in [0.15, 0.2) is 24.3 Å². The van der Waals surface area contributed by atoms with Crippen molar-refractivity contribution in [3.05, 3.63) is 29.8 Å². The number of hydrogen-bond acceptors (Lipinski definition) is 18. The average Bonchev–Trinajstić information content (AvgIpc) is 4.28. The highest BCUT2D eigenvalue weighted by Gasteiger charge is 2.49. The lowest BCUT2D eigenvalue weighted by Gasteiger charge is -2.34. The smallest absolute Gasteiger partial charge is 0.248 e. The molecular weight excluding hydrogens is 1090 g/mol. The number of amides is 9. The minimum Gasteiger partial charge on any atom is -0.508 e. The average molecular weight is 1180 g/mol. The van der Waals surface area contributed by atoms with E-state index in [0.717, 1.165) is 62.4 Å². The van der Waals surface area contributed by atoms with Crippen LogP contribution in [0.5, 0.6) is 5.75 Å². The molecule has 1 aromatic rings. The third-order valence-corrected chi connectivity index (χ3v) is 15.3. The second-order valence-corrected chi connectivity index (χ2v) is 22.4. The van der Waals surface area contributed by atoms with Gasteiger partial charge >= 0.3 is 0 Å². The van der Waals surface area contributed by atoms with Gasteiger partial charge in [-0.25, -0.2) is 0 Å². The standard InChI is InChI=1S/C55H89N9O17.CH4O/c1-7-30(2)24-31(3)14-12-10-8-9-11-13-15-43(73)57-36-27-41(71)53(81-23-21-44(74)62(5)6)61-52(78)48-38(68)20-22-63(48)55(80)47(40(70)28-42(56)72)60-51(77)46(39(69)25-33-16-18-34(66)19-17-33)59-50(76)37-26-35(67)29-64(37)54(79)45(32(4)65)58-49(36)75;1-2/h16-19,30-32,35-41,45-48,53,65-71H,7-15,20-29H2,1-6H3,(H2,56,72)(H,57,73)(H,58,75)(H,59,76)(H,60,77)(H,61,78);2H,1H3/t30?,31?,32-,35-,36?,37?,38+,39?,40-,41-,45?,46?,47?,48?,53?;/m1./s1. The van der Waals surface area contributed by atoms with Gasteiger partial charge in [0.05, 0.1) is 50.0 Å². The van der Waals surface area contributed by atoms with E-state index < -0.39 is 178 Å². The van der Waals surface area contributed by atoms with Crippen molar-refractivity contribution in [2.75, 3.05) is 40.9 Å². The summed E-state index contributed by atoms with van der Waals surface area (Å²) in [5, 5.41) is 97.3. The molecule has 0 radical (unpaired) electrons. The summed E-state index contributed by atoms with van der Waals surface area (Å²) in [4.78, 5) is 128. The van der Waals surface area contributed by atoms with Crippen molar-refractivity contribution in [3.8, 4) is 5.75 Å². The number of phenolic OH excluding ortho intramolecular Hbond substituents is 1. The van der Waals surface area contributed by atoms with Gasteiger partial charge in [-0.15, -0.1) is 0 Å². The van der Waals surface area contributed by atoms with Crippen LogP contribution >= 0.6 is 0 Å². The number of unbranched alkanes of at least 4 members (excludes halogenated alkanes) is 5. The van der Waals surface area contributed by atoms with E-state index in [1.54, 1.807) is 0 Å². The zero-order chi connectivity index (χ0) is 62.2. The van der Waals surface area contributed by atoms with Crippen LogP contribution in [-0.4, -0.2) is 229 Å². The van der Waals surface area contributed by atoms with Gasteiger partial charge in [0.1, 0.15) is 48.1 Å². The van der Waals surface area contributed by atoms with Crippen LogP contribution in [0, 0.1) is 11.8 Å². The number of rotatable bonds is 24. The Bertz CT molecular complexity index is 2280. The SMILES string of the molecule is CCC(C)CC(C)CCCCCCCCC(=O)NC1C[C@@H](O)C(OCCC(=O)N(C)C)NC(=O)C2[C@@H](O)CCN2C(=O)C([C@H](O)CC(N)=O)NC(=O)C(C(O)Cc2ccc(O)cc2)NC(=O)C2C[C@@H](O)CN2C(=O)C([C@@H](C)O)NC1=O.CO. The van der Waals surface area contributed by atoms with Crippen LogP contribution in [0.3, 0.4) is 0 Å². The minimum absolute atomic E-state index is 0.0725. The number of carbonyl (C=O) groups is 9. The second-order valence-electron chi connectivity index (χ2n) is 22.4. The Morgan fingerprint density at radius 3 is 1.95 bits per heavy atom. The summed E-state index contributed by atoms with van der Waals surface area (Å²) in [6.07, 6.45) is -7.48. The molecule has 10 unspecified atom stereocenters. The molecule has 15 N–H and O–H groups in total. The molecule has 0 spiro atoms. The Hall–Kier alpha value is -6.07. The van der Waals surface area contributed by atoms with Crippen LogP contribution < -0.4 is 32.3 Å². The van der Waals surface area contributed by atoms with E-state index in [-0.39, 0.29) is 25.0 Å². The molecule has 3 saturated heterocycles. The number of primary amides is 1. The number of ether oxygens (including phenoxy) is 1. The van der Waals surface area contributed by atoms with Crippen LogP contribution in [0.1, 0.15) is 130 Å². The zero-order valence-corrected chi connectivity index (χ0v) is 49.0. The van der Waals surface area contributed by atoms with Crippen molar-refractivity contribution in [1.82, 2.24) is 41.3 Å². The Morgan fingerprint density at radius 1 is 0.735 bits per heavy atom. The molecule has 0 bridgehead atoms. The molecule has 0 aliphatic carbocycles. The Morgan fingerprint density at radius 2 is 1.34 bits per heavy atom. The molecule has 3 heterocycles. The van der Waals surface area contributed by atoms with Crippen LogP contribution in [0.2, 0.25) is 0 Å². The summed E-state index contributed by atoms with van der Waals surface area (Å²) in [6.45, 7) is 6.43. The molecular formula is C56H93N9O18. The van der Waals surface area contributed by atoms with E-state index in [2.05, 4.69) is 47.4 Å². The van der Waals surface area contributed by atoms with E-state index >= 15 is 0 Å². The first kappa shape index (κ1) is 71.2. The van der Waals surface area contributed by atoms with Crippen molar-refractivity contribution >= 4 is 53.2 Å². The molecule has 15 atom stereocenters. The van der Waals surface area contributed by atoms with Crippen LogP contribution in [-0.2, 0) is 54.3 Å². The van der Waals surface area contributed by atoms with E-state index in [0.29, 0.717) is 30.2 Å². The Kier molecular flexibility index (Phi) is 30.3. The molecule has 3 aliphatic rings. The molecule has 3 fully saturated rings. The third kappa shape index (κ3) is 22.5. The number of carbonyl (C=O) groups excluding carboxylic acids is 9. The summed E-state index contributed by atoms with van der Waals surface area (Å²) in [6, 6.07) is -6.12. The van der Waals surface area contributed by atoms with E-state index in [1.807, 2.05) is 0 Å². The number of benzene rings is 1. The summed E-state index contributed by atoms with van der Waals surface area (Å²) in [7, 11) is 3.94. The highest BCUT2D eigenvalue weighted by atomic mass is 16.5. The first-order chi connectivity index (χ1) is 39.2. The molecule has 27 heteroatoms. The minimum atomic E-state index is -2.19. The number of nitrogens with zero attached hydrogens (tertiary/aromatic N) is 3. The highest BCUT2D eigenvalue weighted by Crippen LogP contribution is 2.25. The number of aliphatic hydroxyl groups excluding tert-OH is 7. The molecule has 83 heavy (non-hydrogen) atoms. The fraction of sp³-hybridized carbons (Fsp3) is 0.732. The van der Waals surface area contributed by atoms with Gasteiger partial charge in [0.25, 0.3) is 0 Å². The van der Waals surface area contributed by atoms with Gasteiger partial charge in [-0.1, -0.05) is 77.8 Å². The number of phenols is 1. The van der Waals surface area contributed by atoms with Gasteiger partial charge < -0.3 is 92.6 Å². The summed E-state index contributed by atoms with van der Waals surface area (Å²) in [5.74, 6) is -8.33. The van der Waals surface area contributed by atoms with Crippen molar-refractivity contribution < 1.29 is 88.7 Å². The second kappa shape index (κ2) is 35.3. The van der Waals surface area contributed by atoms with E-state index in [9.17, 15) is 78.9 Å². The zero-order valence-electron chi connectivity index (χ0n) is 49.0. The van der Waals surface area contributed by atoms with Crippen molar-refractivity contribution in [1.29, 1.82) is 0 Å². The van der Waals surface area contributed by atoms with Gasteiger partial charge in [0.15, 0.2) is 6.23 Å². The molecule has 470 valence electrons. The maximum absolute atomic E-state index is 14.7. The number of nitrogens with two attached hydrogens (primary N) is 1. The molecule has 4 rings (SSSR count). The van der Waals surface area contributed by atoms with Crippen molar-refractivity contribution in [3.63, 3.8) is 0 Å². The summed E-state index contributed by atoms with van der Waals surface area (Å²) < 4.78 is 5.86. The maximum atomic E-state index is 14.7. The van der Waals surface area contributed by atoms with Crippen LogP contribution in [0.4, 0.5) is 0 Å². The van der Waals surface area contributed by atoms with Crippen molar-refractivity contribution in [2.24, 2.45) is 17.6 Å². The summed E-state index contributed by atoms with van der Waals surface area (Å²) in [5.41, 5.74) is 5.72. The first-order valence-electron chi connectivity index (χ1n) is 28.8. The van der Waals surface area contributed by atoms with E-state index in [1.165, 1.54) is 49.7 Å². The lowest BCUT2D eigenvalue weighted by atomic mass is 9.91. The maximum Gasteiger partial charge on any atom is 0.248 e. The summed E-state index contributed by atoms with van der Waals surface area (Å²) >= 11 is 0. The van der Waals surface area contributed by atoms with Gasteiger partial charge in [-0.05, 0) is 55.7 Å². The number of aliphatic hydroxyl groups is 7. The number of fused-ring (bicyclic) bond motifs is 2. The fourth-order valence-electron chi connectivity index (χ4n) is 10.4. The normalized spacial score (nSPS) is 26.7. The predicted molar refractivity (Wildman–Crippen MR) is 299 cm³/mol. The lowest BCUT2D eigenvalue weighted by molar-refractivity contribution is -0.150. The van der Waals surface area contributed by atoms with E-state index in [4.69, 9.17) is 15.6 Å². The molecule has 0 aromatic heterocycles. The molecule has 9 amide bonds. The Balaban J connectivity index is 0.00000893. The van der Waals surface area contributed by atoms with Gasteiger partial charge in [0.2, 0.25) is 53.2 Å². The molecule has 27 nitrogen and oxygen atoms in total. The molecule has 3 aliphatic heterocycles. The lowest BCUT2D eigenvalue weighted by Crippen LogP contribution is -2.64. The van der Waals surface area contributed by atoms with Crippen molar-refractivity contribution in [2.45, 2.75) is 210 Å². The number of nitrogens with one attached hydrogen (secondary N) is 5. The molecule has 0 saturated carbocycles. The Labute approximate surface area is 485 Å². The van der Waals surface area contributed by atoms with Gasteiger partial charge in [0, 0.05) is 60.0 Å². The first-order valence-corrected chi connectivity index (χ1v) is 28.8. The predicted octanol–water partition coefficient (Wildman–Crippen LogP) is -2.72. The van der Waals surface area contributed by atoms with Gasteiger partial charge in [-0.2, -0.15) is 0 Å². The molecule has 1 aromatic carbocycles.